The summed E-state index contributed by atoms with van der Waals surface area (Å²) >= 11 is 0. The molecule has 0 aliphatic rings. The average molecular weight is 397 g/mol. The van der Waals surface area contributed by atoms with Crippen molar-refractivity contribution in [3.8, 4) is 5.75 Å². The first kappa shape index (κ1) is 22.1. The summed E-state index contributed by atoms with van der Waals surface area (Å²) in [6.45, 7) is 5.09. The quantitative estimate of drug-likeness (QED) is 0.487. The van der Waals surface area contributed by atoms with E-state index in [-0.39, 0.29) is 30.9 Å². The third-order valence-electron chi connectivity index (χ3n) is 4.44. The van der Waals surface area contributed by atoms with Crippen molar-refractivity contribution in [2.45, 2.75) is 39.7 Å². The van der Waals surface area contributed by atoms with E-state index in [1.54, 1.807) is 31.2 Å². The minimum Gasteiger partial charge on any atom is -0.482 e. The van der Waals surface area contributed by atoms with Crippen molar-refractivity contribution in [1.82, 2.24) is 5.32 Å². The maximum absolute atomic E-state index is 12.1. The van der Waals surface area contributed by atoms with Gasteiger partial charge in [0.2, 0.25) is 0 Å². The van der Waals surface area contributed by atoms with Gasteiger partial charge in [-0.05, 0) is 43.2 Å². The topological polar surface area (TPSA) is 81.7 Å². The number of hydrogen-bond donors (Lipinski definition) is 1. The van der Waals surface area contributed by atoms with E-state index in [1.165, 1.54) is 0 Å². The first-order valence-corrected chi connectivity index (χ1v) is 9.70. The number of carbonyl (C=O) groups excluding carboxylic acids is 3. The summed E-state index contributed by atoms with van der Waals surface area (Å²) in [4.78, 5) is 35.5. The van der Waals surface area contributed by atoms with E-state index >= 15 is 0 Å². The van der Waals surface area contributed by atoms with Crippen molar-refractivity contribution in [2.24, 2.45) is 0 Å². The molecule has 1 amide bonds. The highest BCUT2D eigenvalue weighted by Gasteiger charge is 2.14. The van der Waals surface area contributed by atoms with E-state index in [9.17, 15) is 14.4 Å². The molecular weight excluding hydrogens is 370 g/mol. The molecule has 1 atom stereocenters. The molecular formula is C23H27NO5. The molecule has 0 radical (unpaired) electrons. The molecule has 2 aromatic carbocycles. The van der Waals surface area contributed by atoms with Crippen LogP contribution in [0.4, 0.5) is 0 Å². The van der Waals surface area contributed by atoms with Gasteiger partial charge in [-0.2, -0.15) is 0 Å². The number of hydrogen-bond acceptors (Lipinski definition) is 5. The van der Waals surface area contributed by atoms with Crippen molar-refractivity contribution < 1.29 is 23.9 Å². The van der Waals surface area contributed by atoms with Gasteiger partial charge in [-0.3, -0.25) is 9.59 Å². The van der Waals surface area contributed by atoms with Crippen LogP contribution in [-0.2, 0) is 14.3 Å². The number of esters is 1. The maximum Gasteiger partial charge on any atom is 0.344 e. The molecule has 0 aliphatic heterocycles. The molecule has 2 aromatic rings. The number of Topliss-reactive ketones (excluding diaryl/α,β-unsaturated/α-hetero) is 1. The zero-order valence-corrected chi connectivity index (χ0v) is 17.1. The van der Waals surface area contributed by atoms with Crippen molar-refractivity contribution in [3.63, 3.8) is 0 Å². The van der Waals surface area contributed by atoms with Gasteiger partial charge in [0, 0.05) is 12.0 Å². The number of aryl methyl sites for hydroxylation is 1. The average Bonchev–Trinajstić information content (AvgIpc) is 2.75. The second-order valence-corrected chi connectivity index (χ2v) is 6.69. The molecule has 0 bridgehead atoms. The van der Waals surface area contributed by atoms with Gasteiger partial charge in [-0.1, -0.05) is 43.7 Å². The van der Waals surface area contributed by atoms with Crippen LogP contribution in [0.3, 0.4) is 0 Å². The standard InChI is InChI=1S/C23H27NO5/c1-4-20(17-8-6-16(3)7-9-17)24-22(26)14-29-23(27)15-28-19-12-10-18(11-13-19)21(25)5-2/h6-13,20H,4-5,14-15H2,1-3H3,(H,24,26)/t20-/m0/s1. The Morgan fingerprint density at radius 2 is 1.59 bits per heavy atom. The third-order valence-corrected chi connectivity index (χ3v) is 4.44. The fourth-order valence-corrected chi connectivity index (χ4v) is 2.73. The van der Waals surface area contributed by atoms with Crippen molar-refractivity contribution in [3.05, 3.63) is 65.2 Å². The monoisotopic (exact) mass is 397 g/mol. The van der Waals surface area contributed by atoms with Gasteiger partial charge in [0.1, 0.15) is 5.75 Å². The zero-order chi connectivity index (χ0) is 21.2. The molecule has 0 saturated carbocycles. The number of amides is 1. The van der Waals surface area contributed by atoms with Crippen molar-refractivity contribution in [2.75, 3.05) is 13.2 Å². The Kier molecular flexibility index (Phi) is 8.40. The number of rotatable bonds is 10. The van der Waals surface area contributed by atoms with E-state index < -0.39 is 5.97 Å². The lowest BCUT2D eigenvalue weighted by atomic mass is 10.0. The summed E-state index contributed by atoms with van der Waals surface area (Å²) < 4.78 is 10.3. The van der Waals surface area contributed by atoms with Crippen LogP contribution in [0, 0.1) is 6.92 Å². The normalized spacial score (nSPS) is 11.4. The molecule has 2 rings (SSSR count). The summed E-state index contributed by atoms with van der Waals surface area (Å²) in [6, 6.07) is 14.3. The summed E-state index contributed by atoms with van der Waals surface area (Å²) in [5, 5.41) is 2.87. The number of benzene rings is 2. The fourth-order valence-electron chi connectivity index (χ4n) is 2.73. The Morgan fingerprint density at radius 1 is 0.931 bits per heavy atom. The Hall–Kier alpha value is -3.15. The van der Waals surface area contributed by atoms with Crippen LogP contribution in [0.25, 0.3) is 0 Å². The minimum absolute atomic E-state index is 0.0398. The van der Waals surface area contributed by atoms with Crippen LogP contribution in [0.15, 0.2) is 48.5 Å². The van der Waals surface area contributed by atoms with E-state index in [0.717, 1.165) is 17.5 Å². The Morgan fingerprint density at radius 3 is 2.17 bits per heavy atom. The number of ether oxygens (including phenoxy) is 2. The van der Waals surface area contributed by atoms with Crippen LogP contribution in [0.1, 0.15) is 54.2 Å². The molecule has 0 spiro atoms. The first-order valence-electron chi connectivity index (χ1n) is 9.70. The summed E-state index contributed by atoms with van der Waals surface area (Å²) in [7, 11) is 0. The predicted molar refractivity (Wildman–Crippen MR) is 110 cm³/mol. The molecule has 0 aromatic heterocycles. The summed E-state index contributed by atoms with van der Waals surface area (Å²) in [5.74, 6) is -0.520. The Balaban J connectivity index is 1.75. The van der Waals surface area contributed by atoms with Gasteiger partial charge in [0.15, 0.2) is 19.0 Å². The highest BCUT2D eigenvalue weighted by Crippen LogP contribution is 2.17. The van der Waals surface area contributed by atoms with Gasteiger partial charge in [-0.15, -0.1) is 0 Å². The number of nitrogens with one attached hydrogen (secondary N) is 1. The van der Waals surface area contributed by atoms with Crippen LogP contribution in [0.5, 0.6) is 5.75 Å². The molecule has 0 saturated heterocycles. The third kappa shape index (κ3) is 7.07. The van der Waals surface area contributed by atoms with Crippen LogP contribution >= 0.6 is 0 Å². The second-order valence-electron chi connectivity index (χ2n) is 6.69. The van der Waals surface area contributed by atoms with Gasteiger partial charge in [0.25, 0.3) is 5.91 Å². The molecule has 1 N–H and O–H groups in total. The number of carbonyl (C=O) groups is 3. The van der Waals surface area contributed by atoms with Gasteiger partial charge in [0.05, 0.1) is 6.04 Å². The zero-order valence-electron chi connectivity index (χ0n) is 17.1. The molecule has 6 heteroatoms. The molecule has 0 aliphatic carbocycles. The first-order chi connectivity index (χ1) is 13.9. The number of ketones is 1. The molecule has 154 valence electrons. The molecule has 0 fully saturated rings. The molecule has 6 nitrogen and oxygen atoms in total. The Bertz CT molecular complexity index is 827. The highest BCUT2D eigenvalue weighted by molar-refractivity contribution is 5.95. The SMILES string of the molecule is CCC(=O)c1ccc(OCC(=O)OCC(=O)N[C@@H](CC)c2ccc(C)cc2)cc1. The van der Waals surface area contributed by atoms with E-state index in [0.29, 0.717) is 17.7 Å². The highest BCUT2D eigenvalue weighted by atomic mass is 16.6. The summed E-state index contributed by atoms with van der Waals surface area (Å²) in [5.41, 5.74) is 2.75. The molecule has 29 heavy (non-hydrogen) atoms. The van der Waals surface area contributed by atoms with Crippen LogP contribution < -0.4 is 10.1 Å². The minimum atomic E-state index is -0.641. The molecule has 0 heterocycles. The van der Waals surface area contributed by atoms with Gasteiger partial charge >= 0.3 is 5.97 Å². The lowest BCUT2D eigenvalue weighted by Crippen LogP contribution is -2.32. The van der Waals surface area contributed by atoms with E-state index in [1.807, 2.05) is 38.1 Å². The second kappa shape index (κ2) is 11.0. The maximum atomic E-state index is 12.1. The lowest BCUT2D eigenvalue weighted by molar-refractivity contribution is -0.150. The van der Waals surface area contributed by atoms with Gasteiger partial charge < -0.3 is 14.8 Å². The lowest BCUT2D eigenvalue weighted by Gasteiger charge is -2.17. The predicted octanol–water partition coefficient (Wildman–Crippen LogP) is 3.78. The van der Waals surface area contributed by atoms with Crippen molar-refractivity contribution in [1.29, 1.82) is 0 Å². The summed E-state index contributed by atoms with van der Waals surface area (Å²) in [6.07, 6.45) is 1.15. The van der Waals surface area contributed by atoms with E-state index in [2.05, 4.69) is 5.32 Å². The Labute approximate surface area is 171 Å². The fraction of sp³-hybridized carbons (Fsp3) is 0.348. The van der Waals surface area contributed by atoms with Crippen molar-refractivity contribution >= 4 is 17.7 Å². The van der Waals surface area contributed by atoms with Crippen LogP contribution in [-0.4, -0.2) is 30.9 Å². The van der Waals surface area contributed by atoms with Gasteiger partial charge in [-0.25, -0.2) is 4.79 Å². The molecule has 0 unspecified atom stereocenters. The van der Waals surface area contributed by atoms with E-state index in [4.69, 9.17) is 9.47 Å². The smallest absolute Gasteiger partial charge is 0.344 e. The largest absolute Gasteiger partial charge is 0.482 e. The van der Waals surface area contributed by atoms with Crippen LogP contribution in [0.2, 0.25) is 0 Å².